The largest absolute Gasteiger partial charge is 0.313 e. The maximum Gasteiger partial charge on any atom is 0.0195 e. The van der Waals surface area contributed by atoms with E-state index in [0.29, 0.717) is 6.04 Å². The van der Waals surface area contributed by atoms with E-state index in [9.17, 15) is 0 Å². The van der Waals surface area contributed by atoms with Crippen molar-refractivity contribution in [3.63, 3.8) is 0 Å². The number of likely N-dealkylation sites (tertiary alicyclic amines) is 1. The van der Waals surface area contributed by atoms with E-state index in [1.165, 1.54) is 51.6 Å². The molecule has 1 aliphatic rings. The Morgan fingerprint density at radius 1 is 1.12 bits per heavy atom. The van der Waals surface area contributed by atoms with Crippen LogP contribution in [0.5, 0.6) is 0 Å². The molecule has 1 rings (SSSR count). The van der Waals surface area contributed by atoms with E-state index in [-0.39, 0.29) is 0 Å². The molecular formula is C15H32N2. The van der Waals surface area contributed by atoms with Gasteiger partial charge < -0.3 is 5.32 Å². The van der Waals surface area contributed by atoms with Gasteiger partial charge in [-0.1, -0.05) is 26.7 Å². The van der Waals surface area contributed by atoms with Crippen LogP contribution in [-0.4, -0.2) is 36.1 Å². The summed E-state index contributed by atoms with van der Waals surface area (Å²) in [5, 5.41) is 3.72. The fraction of sp³-hybridized carbons (Fsp3) is 1.00. The predicted octanol–water partition coefficient (Wildman–Crippen LogP) is 3.42. The van der Waals surface area contributed by atoms with Gasteiger partial charge in [-0.3, -0.25) is 4.90 Å². The normalized spacial score (nSPS) is 28.2. The average Bonchev–Trinajstić information content (AvgIpc) is 2.31. The van der Waals surface area contributed by atoms with Crippen LogP contribution >= 0.6 is 0 Å². The molecule has 0 saturated carbocycles. The van der Waals surface area contributed by atoms with Crippen molar-refractivity contribution in [2.24, 2.45) is 0 Å². The molecule has 0 aliphatic carbocycles. The molecule has 1 aliphatic heterocycles. The van der Waals surface area contributed by atoms with E-state index >= 15 is 0 Å². The first-order valence-corrected chi connectivity index (χ1v) is 7.68. The second-order valence-electron chi connectivity index (χ2n) is 5.77. The molecule has 2 nitrogen and oxygen atoms in total. The minimum atomic E-state index is 0.697. The number of hydrogen-bond acceptors (Lipinski definition) is 2. The molecule has 0 radical (unpaired) electrons. The third kappa shape index (κ3) is 4.97. The lowest BCUT2D eigenvalue weighted by Gasteiger charge is -2.41. The van der Waals surface area contributed by atoms with Crippen LogP contribution in [0.3, 0.4) is 0 Å². The fourth-order valence-corrected chi connectivity index (χ4v) is 3.04. The van der Waals surface area contributed by atoms with Gasteiger partial charge in [-0.15, -0.1) is 0 Å². The summed E-state index contributed by atoms with van der Waals surface area (Å²) in [7, 11) is 0. The highest BCUT2D eigenvalue weighted by molar-refractivity contribution is 4.83. The quantitative estimate of drug-likeness (QED) is 0.733. The highest BCUT2D eigenvalue weighted by Crippen LogP contribution is 2.22. The molecule has 0 aromatic rings. The van der Waals surface area contributed by atoms with Gasteiger partial charge >= 0.3 is 0 Å². The zero-order chi connectivity index (χ0) is 12.7. The molecule has 1 saturated heterocycles. The van der Waals surface area contributed by atoms with E-state index in [4.69, 9.17) is 0 Å². The molecule has 102 valence electrons. The number of hydrogen-bond donors (Lipinski definition) is 1. The summed E-state index contributed by atoms with van der Waals surface area (Å²) >= 11 is 0. The van der Waals surface area contributed by atoms with Crippen molar-refractivity contribution in [2.45, 2.75) is 84.3 Å². The third-order valence-electron chi connectivity index (χ3n) is 4.13. The van der Waals surface area contributed by atoms with Crippen LogP contribution in [0.1, 0.15) is 66.2 Å². The summed E-state index contributed by atoms with van der Waals surface area (Å²) in [6.07, 6.45) is 8.03. The first-order chi connectivity index (χ1) is 8.19. The van der Waals surface area contributed by atoms with Crippen molar-refractivity contribution >= 4 is 0 Å². The Labute approximate surface area is 108 Å². The molecule has 1 heterocycles. The second kappa shape index (κ2) is 8.10. The van der Waals surface area contributed by atoms with Crippen LogP contribution in [0.25, 0.3) is 0 Å². The SMILES string of the molecule is CCCNC(CCC)CN1C(C)CCCC1C. The standard InChI is InChI=1S/C15H32N2/c1-5-8-15(16-11-6-2)12-17-13(3)9-7-10-14(17)4/h13-16H,5-12H2,1-4H3. The third-order valence-corrected chi connectivity index (χ3v) is 4.13. The maximum absolute atomic E-state index is 3.72. The minimum Gasteiger partial charge on any atom is -0.313 e. The van der Waals surface area contributed by atoms with E-state index in [0.717, 1.165) is 12.1 Å². The number of piperidine rings is 1. The van der Waals surface area contributed by atoms with Crippen LogP contribution in [0.15, 0.2) is 0 Å². The number of nitrogens with one attached hydrogen (secondary N) is 1. The maximum atomic E-state index is 3.72. The number of nitrogens with zero attached hydrogens (tertiary/aromatic N) is 1. The van der Waals surface area contributed by atoms with Gasteiger partial charge in [0.25, 0.3) is 0 Å². The molecule has 0 aromatic heterocycles. The topological polar surface area (TPSA) is 15.3 Å². The Morgan fingerprint density at radius 3 is 2.29 bits per heavy atom. The molecule has 17 heavy (non-hydrogen) atoms. The van der Waals surface area contributed by atoms with Gasteiger partial charge in [0.05, 0.1) is 0 Å². The van der Waals surface area contributed by atoms with Gasteiger partial charge in [-0.25, -0.2) is 0 Å². The Balaban J connectivity index is 2.45. The van der Waals surface area contributed by atoms with Gasteiger partial charge in [-0.2, -0.15) is 0 Å². The fourth-order valence-electron chi connectivity index (χ4n) is 3.04. The summed E-state index contributed by atoms with van der Waals surface area (Å²) in [6, 6.07) is 2.26. The van der Waals surface area contributed by atoms with E-state index in [1.807, 2.05) is 0 Å². The van der Waals surface area contributed by atoms with E-state index in [1.54, 1.807) is 0 Å². The smallest absolute Gasteiger partial charge is 0.0195 e. The summed E-state index contributed by atoms with van der Waals surface area (Å²) in [6.45, 7) is 11.8. The van der Waals surface area contributed by atoms with Crippen LogP contribution in [0.2, 0.25) is 0 Å². The molecule has 2 heteroatoms. The van der Waals surface area contributed by atoms with Crippen LogP contribution in [0.4, 0.5) is 0 Å². The zero-order valence-electron chi connectivity index (χ0n) is 12.3. The Kier molecular flexibility index (Phi) is 7.14. The summed E-state index contributed by atoms with van der Waals surface area (Å²) in [5.74, 6) is 0. The van der Waals surface area contributed by atoms with Gasteiger partial charge in [0.2, 0.25) is 0 Å². The molecule has 3 atom stereocenters. The molecule has 1 fully saturated rings. The Bertz CT molecular complexity index is 183. The van der Waals surface area contributed by atoms with Gasteiger partial charge in [0.1, 0.15) is 0 Å². The first-order valence-electron chi connectivity index (χ1n) is 7.68. The van der Waals surface area contributed by atoms with Crippen molar-refractivity contribution in [1.29, 1.82) is 0 Å². The van der Waals surface area contributed by atoms with Crippen LogP contribution < -0.4 is 5.32 Å². The summed E-state index contributed by atoms with van der Waals surface area (Å²) in [4.78, 5) is 2.73. The van der Waals surface area contributed by atoms with Crippen molar-refractivity contribution in [2.75, 3.05) is 13.1 Å². The van der Waals surface area contributed by atoms with Gasteiger partial charge in [0.15, 0.2) is 0 Å². The molecule has 1 N–H and O–H groups in total. The molecule has 3 unspecified atom stereocenters. The van der Waals surface area contributed by atoms with Crippen molar-refractivity contribution < 1.29 is 0 Å². The Hall–Kier alpha value is -0.0800. The molecular weight excluding hydrogens is 208 g/mol. The zero-order valence-corrected chi connectivity index (χ0v) is 12.3. The lowest BCUT2D eigenvalue weighted by Crippen LogP contribution is -2.50. The molecule has 0 bridgehead atoms. The van der Waals surface area contributed by atoms with Crippen molar-refractivity contribution in [3.8, 4) is 0 Å². The lowest BCUT2D eigenvalue weighted by molar-refractivity contribution is 0.0893. The molecule has 0 aromatic carbocycles. The highest BCUT2D eigenvalue weighted by Gasteiger charge is 2.26. The van der Waals surface area contributed by atoms with Crippen LogP contribution in [-0.2, 0) is 0 Å². The second-order valence-corrected chi connectivity index (χ2v) is 5.77. The predicted molar refractivity (Wildman–Crippen MR) is 76.5 cm³/mol. The molecule has 0 spiro atoms. The highest BCUT2D eigenvalue weighted by atomic mass is 15.2. The van der Waals surface area contributed by atoms with E-state index < -0.39 is 0 Å². The summed E-state index contributed by atoms with van der Waals surface area (Å²) < 4.78 is 0. The number of rotatable bonds is 7. The monoisotopic (exact) mass is 240 g/mol. The lowest BCUT2D eigenvalue weighted by atomic mass is 9.96. The van der Waals surface area contributed by atoms with Crippen molar-refractivity contribution in [3.05, 3.63) is 0 Å². The van der Waals surface area contributed by atoms with E-state index in [2.05, 4.69) is 37.9 Å². The van der Waals surface area contributed by atoms with Crippen molar-refractivity contribution in [1.82, 2.24) is 10.2 Å². The molecule has 0 amide bonds. The summed E-state index contributed by atoms with van der Waals surface area (Å²) in [5.41, 5.74) is 0. The average molecular weight is 240 g/mol. The van der Waals surface area contributed by atoms with Gasteiger partial charge in [-0.05, 0) is 46.1 Å². The van der Waals surface area contributed by atoms with Gasteiger partial charge in [0, 0.05) is 24.7 Å². The Morgan fingerprint density at radius 2 is 1.76 bits per heavy atom. The minimum absolute atomic E-state index is 0.697. The first kappa shape index (κ1) is 15.0. The van der Waals surface area contributed by atoms with Crippen LogP contribution in [0, 0.1) is 0 Å².